The topological polar surface area (TPSA) is 69.7 Å². The Morgan fingerprint density at radius 3 is 2.73 bits per heavy atom. The summed E-state index contributed by atoms with van der Waals surface area (Å²) in [4.78, 5) is 41.7. The summed E-state index contributed by atoms with van der Waals surface area (Å²) in [6.07, 6.45) is 1.82. The minimum Gasteiger partial charge on any atom is -0.326 e. The van der Waals surface area contributed by atoms with E-state index in [9.17, 15) is 14.4 Å². The minimum atomic E-state index is -0.680. The van der Waals surface area contributed by atoms with Gasteiger partial charge in [0, 0.05) is 29.5 Å². The van der Waals surface area contributed by atoms with Crippen molar-refractivity contribution in [3.05, 3.63) is 58.1 Å². The molecule has 1 saturated heterocycles. The molecule has 0 bridgehead atoms. The van der Waals surface area contributed by atoms with Crippen molar-refractivity contribution in [2.45, 2.75) is 45.2 Å². The zero-order valence-electron chi connectivity index (χ0n) is 17.1. The second kappa shape index (κ2) is 7.87. The van der Waals surface area contributed by atoms with Crippen LogP contribution < -0.4 is 10.2 Å². The van der Waals surface area contributed by atoms with E-state index in [1.165, 1.54) is 0 Å². The van der Waals surface area contributed by atoms with Gasteiger partial charge in [-0.05, 0) is 56.5 Å². The number of fused-ring (bicyclic) bond motifs is 3. The van der Waals surface area contributed by atoms with E-state index < -0.39 is 5.66 Å². The van der Waals surface area contributed by atoms with Crippen LogP contribution in [0.25, 0.3) is 0 Å². The molecule has 1 unspecified atom stereocenters. The fourth-order valence-electron chi connectivity index (χ4n) is 4.33. The average Bonchev–Trinajstić information content (AvgIpc) is 3.03. The van der Waals surface area contributed by atoms with E-state index in [0.717, 1.165) is 15.7 Å². The summed E-state index contributed by atoms with van der Waals surface area (Å²) in [5.41, 5.74) is 2.38. The lowest BCUT2D eigenvalue weighted by Gasteiger charge is -2.48. The van der Waals surface area contributed by atoms with Gasteiger partial charge in [0.25, 0.3) is 5.91 Å². The van der Waals surface area contributed by atoms with Crippen molar-refractivity contribution in [1.82, 2.24) is 4.90 Å². The first-order valence-corrected chi connectivity index (χ1v) is 10.9. The van der Waals surface area contributed by atoms with Crippen LogP contribution in [0.2, 0.25) is 0 Å². The number of carbonyl (C=O) groups is 3. The van der Waals surface area contributed by atoms with E-state index in [0.29, 0.717) is 43.5 Å². The molecule has 0 aliphatic carbocycles. The first kappa shape index (κ1) is 20.6. The molecule has 0 saturated carbocycles. The molecule has 4 rings (SSSR count). The third-order valence-electron chi connectivity index (χ3n) is 5.99. The molecule has 2 aromatic carbocycles. The summed E-state index contributed by atoms with van der Waals surface area (Å²) < 4.78 is 0.941. The smallest absolute Gasteiger partial charge is 0.257 e. The standard InChI is InChI=1S/C23H24BrN3O3/c1-15-9-10-16(14-18(15)24)25-20(28)8-5-13-26-22(30)17-6-3-4-7-19(17)27-21(29)11-12-23(26,27)2/h3-4,6-7,9-10,14H,5,8,11-13H2,1-2H3,(H,25,28). The molecule has 1 atom stereocenters. The van der Waals surface area contributed by atoms with Gasteiger partial charge in [-0.15, -0.1) is 0 Å². The van der Waals surface area contributed by atoms with E-state index in [1.807, 2.05) is 50.2 Å². The number of hydrogen-bond acceptors (Lipinski definition) is 3. The maximum atomic E-state index is 13.2. The van der Waals surface area contributed by atoms with Crippen LogP contribution in [-0.2, 0) is 9.59 Å². The second-order valence-electron chi connectivity index (χ2n) is 8.04. The van der Waals surface area contributed by atoms with Crippen molar-refractivity contribution < 1.29 is 14.4 Å². The molecule has 1 fully saturated rings. The molecule has 7 heteroatoms. The summed E-state index contributed by atoms with van der Waals surface area (Å²) in [6, 6.07) is 12.9. The Morgan fingerprint density at radius 1 is 1.20 bits per heavy atom. The third kappa shape index (κ3) is 3.51. The van der Waals surface area contributed by atoms with Gasteiger partial charge in [-0.25, -0.2) is 0 Å². The summed E-state index contributed by atoms with van der Waals surface area (Å²) in [5, 5.41) is 2.90. The molecule has 0 spiro atoms. The van der Waals surface area contributed by atoms with Crippen LogP contribution in [0.3, 0.4) is 0 Å². The highest BCUT2D eigenvalue weighted by Crippen LogP contribution is 2.44. The second-order valence-corrected chi connectivity index (χ2v) is 8.89. The predicted molar refractivity (Wildman–Crippen MR) is 119 cm³/mol. The first-order chi connectivity index (χ1) is 14.3. The van der Waals surface area contributed by atoms with Crippen molar-refractivity contribution in [2.75, 3.05) is 16.8 Å². The van der Waals surface area contributed by atoms with Gasteiger partial charge >= 0.3 is 0 Å². The van der Waals surface area contributed by atoms with E-state index >= 15 is 0 Å². The fourth-order valence-corrected chi connectivity index (χ4v) is 4.71. The quantitative estimate of drug-likeness (QED) is 0.701. The molecule has 0 aromatic heterocycles. The number of aryl methyl sites for hydroxylation is 1. The van der Waals surface area contributed by atoms with E-state index in [4.69, 9.17) is 0 Å². The lowest BCUT2D eigenvalue weighted by molar-refractivity contribution is -0.118. The normalized spacial score (nSPS) is 20.2. The first-order valence-electron chi connectivity index (χ1n) is 10.1. The van der Waals surface area contributed by atoms with E-state index in [1.54, 1.807) is 15.9 Å². The highest BCUT2D eigenvalue weighted by Gasteiger charge is 2.52. The van der Waals surface area contributed by atoms with Crippen LogP contribution >= 0.6 is 15.9 Å². The third-order valence-corrected chi connectivity index (χ3v) is 6.84. The molecule has 156 valence electrons. The number of nitrogens with zero attached hydrogens (tertiary/aromatic N) is 2. The van der Waals surface area contributed by atoms with Crippen molar-refractivity contribution in [3.8, 4) is 0 Å². The number of amides is 3. The Morgan fingerprint density at radius 2 is 1.97 bits per heavy atom. The van der Waals surface area contributed by atoms with Crippen molar-refractivity contribution in [3.63, 3.8) is 0 Å². The van der Waals surface area contributed by atoms with Gasteiger partial charge in [-0.2, -0.15) is 0 Å². The number of halogens is 1. The highest BCUT2D eigenvalue weighted by atomic mass is 79.9. The van der Waals surface area contributed by atoms with Crippen molar-refractivity contribution in [1.29, 1.82) is 0 Å². The number of benzene rings is 2. The Labute approximate surface area is 184 Å². The Kier molecular flexibility index (Phi) is 5.40. The van der Waals surface area contributed by atoms with Crippen LogP contribution in [-0.4, -0.2) is 34.8 Å². The van der Waals surface area contributed by atoms with Gasteiger partial charge in [-0.3, -0.25) is 19.3 Å². The van der Waals surface area contributed by atoms with E-state index in [-0.39, 0.29) is 17.7 Å². The lowest BCUT2D eigenvalue weighted by atomic mass is 9.98. The predicted octanol–water partition coefficient (Wildman–Crippen LogP) is 4.48. The highest BCUT2D eigenvalue weighted by molar-refractivity contribution is 9.10. The lowest BCUT2D eigenvalue weighted by Crippen LogP contribution is -2.62. The summed E-state index contributed by atoms with van der Waals surface area (Å²) in [6.45, 7) is 4.34. The maximum Gasteiger partial charge on any atom is 0.257 e. The minimum absolute atomic E-state index is 0.0325. The number of nitrogens with one attached hydrogen (secondary N) is 1. The van der Waals surface area contributed by atoms with Gasteiger partial charge < -0.3 is 10.2 Å². The van der Waals surface area contributed by atoms with Gasteiger partial charge in [0.1, 0.15) is 5.66 Å². The molecule has 3 amide bonds. The summed E-state index contributed by atoms with van der Waals surface area (Å²) >= 11 is 3.47. The Bertz CT molecular complexity index is 1040. The number of anilines is 2. The number of hydrogen-bond donors (Lipinski definition) is 1. The average molecular weight is 470 g/mol. The molecule has 2 aliphatic heterocycles. The largest absolute Gasteiger partial charge is 0.326 e. The maximum absolute atomic E-state index is 13.2. The van der Waals surface area contributed by atoms with Crippen LogP contribution in [0.1, 0.15) is 48.5 Å². The number of carbonyl (C=O) groups excluding carboxylic acids is 3. The van der Waals surface area contributed by atoms with Gasteiger partial charge in [-0.1, -0.05) is 34.1 Å². The molecule has 2 aliphatic rings. The van der Waals surface area contributed by atoms with Crippen LogP contribution in [0.15, 0.2) is 46.9 Å². The van der Waals surface area contributed by atoms with Crippen molar-refractivity contribution in [2.24, 2.45) is 0 Å². The molecule has 2 heterocycles. The molecule has 1 N–H and O–H groups in total. The molecule has 30 heavy (non-hydrogen) atoms. The Hall–Kier alpha value is -2.67. The Balaban J connectivity index is 1.45. The van der Waals surface area contributed by atoms with Crippen LogP contribution in [0.5, 0.6) is 0 Å². The summed E-state index contributed by atoms with van der Waals surface area (Å²) in [5.74, 6) is -0.146. The zero-order valence-corrected chi connectivity index (χ0v) is 18.7. The van der Waals surface area contributed by atoms with Gasteiger partial charge in [0.05, 0.1) is 11.3 Å². The number of rotatable bonds is 5. The fraction of sp³-hybridized carbons (Fsp3) is 0.348. The van der Waals surface area contributed by atoms with Gasteiger partial charge in [0.15, 0.2) is 0 Å². The molecule has 2 aromatic rings. The SMILES string of the molecule is Cc1ccc(NC(=O)CCCN2C(=O)c3ccccc3N3C(=O)CCC23C)cc1Br. The molecular formula is C23H24BrN3O3. The molecular weight excluding hydrogens is 446 g/mol. The van der Waals surface area contributed by atoms with Crippen molar-refractivity contribution >= 4 is 45.0 Å². The van der Waals surface area contributed by atoms with Gasteiger partial charge in [0.2, 0.25) is 11.8 Å². The molecule has 6 nitrogen and oxygen atoms in total. The van der Waals surface area contributed by atoms with E-state index in [2.05, 4.69) is 21.2 Å². The number of para-hydroxylation sites is 1. The zero-order chi connectivity index (χ0) is 21.5. The molecule has 0 radical (unpaired) electrons. The van der Waals surface area contributed by atoms with Crippen LogP contribution in [0.4, 0.5) is 11.4 Å². The summed E-state index contributed by atoms with van der Waals surface area (Å²) in [7, 11) is 0. The van der Waals surface area contributed by atoms with Crippen LogP contribution in [0, 0.1) is 6.92 Å². The monoisotopic (exact) mass is 469 g/mol.